The van der Waals surface area contributed by atoms with Gasteiger partial charge >= 0.3 is 6.03 Å². The largest absolute Gasteiger partial charge is 0.368 e. The summed E-state index contributed by atoms with van der Waals surface area (Å²) in [6, 6.07) is 6.24. The summed E-state index contributed by atoms with van der Waals surface area (Å²) in [5.41, 5.74) is 6.22. The molecule has 0 aliphatic carbocycles. The van der Waals surface area contributed by atoms with Crippen LogP contribution in [0.3, 0.4) is 0 Å². The first kappa shape index (κ1) is 15.3. The normalized spacial score (nSPS) is 23.9. The molecule has 2 rings (SSSR count). The number of nitrogens with two attached hydrogens (primary N) is 1. The fourth-order valence-corrected chi connectivity index (χ4v) is 2.76. The van der Waals surface area contributed by atoms with Crippen LogP contribution in [-0.2, 0) is 9.53 Å². The van der Waals surface area contributed by atoms with Gasteiger partial charge in [0.25, 0.3) is 0 Å². The molecular formula is C15H21N3O3. The molecule has 0 spiro atoms. The fourth-order valence-electron chi connectivity index (χ4n) is 2.76. The van der Waals surface area contributed by atoms with Gasteiger partial charge in [-0.05, 0) is 45.4 Å². The maximum atomic E-state index is 12.5. The summed E-state index contributed by atoms with van der Waals surface area (Å²) in [5, 5.41) is 2.78. The molecule has 0 saturated carbocycles. The zero-order valence-corrected chi connectivity index (χ0v) is 12.7. The molecule has 1 aromatic rings. The number of hydrogen-bond acceptors (Lipinski definition) is 3. The van der Waals surface area contributed by atoms with Gasteiger partial charge in [0.2, 0.25) is 5.91 Å². The molecule has 3 N–H and O–H groups in total. The van der Waals surface area contributed by atoms with Crippen molar-refractivity contribution in [2.75, 3.05) is 5.32 Å². The van der Waals surface area contributed by atoms with Gasteiger partial charge < -0.3 is 15.8 Å². The monoisotopic (exact) mass is 291 g/mol. The quantitative estimate of drug-likeness (QED) is 0.872. The zero-order valence-electron chi connectivity index (χ0n) is 12.7. The summed E-state index contributed by atoms with van der Waals surface area (Å²) in [4.78, 5) is 25.5. The number of hydrogen-bond donors (Lipinski definition) is 2. The first-order valence-electron chi connectivity index (χ1n) is 6.86. The highest BCUT2D eigenvalue weighted by molar-refractivity contribution is 5.94. The molecule has 6 heteroatoms. The van der Waals surface area contributed by atoms with Gasteiger partial charge in [0.15, 0.2) is 0 Å². The minimum absolute atomic E-state index is 0.404. The third-order valence-corrected chi connectivity index (χ3v) is 3.56. The van der Waals surface area contributed by atoms with Crippen molar-refractivity contribution in [2.24, 2.45) is 5.73 Å². The number of carbonyl (C=O) groups excluding carboxylic acids is 2. The molecule has 114 valence electrons. The molecule has 0 bridgehead atoms. The Hall–Kier alpha value is -2.08. The van der Waals surface area contributed by atoms with E-state index in [1.807, 2.05) is 25.1 Å². The average Bonchev–Trinajstić information content (AvgIpc) is 2.58. The highest BCUT2D eigenvalue weighted by Crippen LogP contribution is 2.32. The third kappa shape index (κ3) is 3.00. The Kier molecular flexibility index (Phi) is 3.91. The van der Waals surface area contributed by atoms with Crippen LogP contribution in [0.2, 0.25) is 0 Å². The van der Waals surface area contributed by atoms with E-state index in [9.17, 15) is 9.59 Å². The van der Waals surface area contributed by atoms with Gasteiger partial charge in [0.1, 0.15) is 11.8 Å². The first-order valence-corrected chi connectivity index (χ1v) is 6.86. The van der Waals surface area contributed by atoms with E-state index in [4.69, 9.17) is 10.5 Å². The van der Waals surface area contributed by atoms with E-state index in [0.29, 0.717) is 5.69 Å². The van der Waals surface area contributed by atoms with E-state index in [1.54, 1.807) is 26.8 Å². The van der Waals surface area contributed by atoms with Gasteiger partial charge in [-0.2, -0.15) is 0 Å². The Morgan fingerprint density at radius 1 is 1.38 bits per heavy atom. The summed E-state index contributed by atoms with van der Waals surface area (Å²) in [7, 11) is 0. The topological polar surface area (TPSA) is 84.7 Å². The average molecular weight is 291 g/mol. The number of benzene rings is 1. The van der Waals surface area contributed by atoms with Crippen molar-refractivity contribution in [1.82, 2.24) is 4.90 Å². The highest BCUT2D eigenvalue weighted by Gasteiger charge is 2.50. The second kappa shape index (κ2) is 5.37. The van der Waals surface area contributed by atoms with Crippen LogP contribution in [0.5, 0.6) is 0 Å². The van der Waals surface area contributed by atoms with Crippen molar-refractivity contribution in [2.45, 2.75) is 45.6 Å². The van der Waals surface area contributed by atoms with Crippen molar-refractivity contribution >= 4 is 17.6 Å². The molecule has 1 fully saturated rings. The number of carbonyl (C=O) groups is 2. The molecule has 1 aliphatic heterocycles. The van der Waals surface area contributed by atoms with Gasteiger partial charge in [0.05, 0.1) is 6.10 Å². The zero-order chi connectivity index (χ0) is 15.8. The molecule has 2 atom stereocenters. The van der Waals surface area contributed by atoms with Crippen molar-refractivity contribution in [3.05, 3.63) is 29.8 Å². The van der Waals surface area contributed by atoms with Crippen LogP contribution in [0.25, 0.3) is 0 Å². The van der Waals surface area contributed by atoms with Crippen molar-refractivity contribution in [1.29, 1.82) is 0 Å². The Bertz CT molecular complexity index is 571. The lowest BCUT2D eigenvalue weighted by atomic mass is 10.1. The summed E-state index contributed by atoms with van der Waals surface area (Å²) < 4.78 is 5.68. The number of urea groups is 1. The second-order valence-corrected chi connectivity index (χ2v) is 5.79. The molecule has 21 heavy (non-hydrogen) atoms. The summed E-state index contributed by atoms with van der Waals surface area (Å²) in [5.74, 6) is -0.576. The fraction of sp³-hybridized carbons (Fsp3) is 0.467. The number of amides is 3. The van der Waals surface area contributed by atoms with Gasteiger partial charge in [-0.1, -0.05) is 12.1 Å². The van der Waals surface area contributed by atoms with Crippen LogP contribution in [-0.4, -0.2) is 34.7 Å². The maximum Gasteiger partial charge on any atom is 0.324 e. The van der Waals surface area contributed by atoms with Crippen LogP contribution < -0.4 is 11.1 Å². The van der Waals surface area contributed by atoms with Gasteiger partial charge in [0, 0.05) is 5.69 Å². The lowest BCUT2D eigenvalue weighted by Crippen LogP contribution is -2.54. The van der Waals surface area contributed by atoms with E-state index >= 15 is 0 Å². The summed E-state index contributed by atoms with van der Waals surface area (Å²) >= 11 is 0. The molecular weight excluding hydrogens is 270 g/mol. The highest BCUT2D eigenvalue weighted by atomic mass is 16.5. The number of ether oxygens (including phenoxy) is 1. The van der Waals surface area contributed by atoms with E-state index in [2.05, 4.69) is 5.32 Å². The molecule has 3 amide bonds. The molecule has 1 heterocycles. The summed E-state index contributed by atoms with van der Waals surface area (Å²) in [6.45, 7) is 7.15. The number of rotatable bonds is 2. The van der Waals surface area contributed by atoms with Crippen molar-refractivity contribution < 1.29 is 14.3 Å². The molecule has 1 aromatic carbocycles. The molecule has 1 aliphatic rings. The lowest BCUT2D eigenvalue weighted by molar-refractivity contribution is -0.122. The molecule has 6 nitrogen and oxygen atoms in total. The Labute approximate surface area is 124 Å². The van der Waals surface area contributed by atoms with Crippen LogP contribution >= 0.6 is 0 Å². The number of primary amides is 1. The second-order valence-electron chi connectivity index (χ2n) is 5.79. The number of nitrogens with one attached hydrogen (secondary N) is 1. The molecule has 1 saturated heterocycles. The minimum Gasteiger partial charge on any atom is -0.368 e. The third-order valence-electron chi connectivity index (χ3n) is 3.56. The molecule has 2 unspecified atom stereocenters. The lowest BCUT2D eigenvalue weighted by Gasteiger charge is -2.32. The Morgan fingerprint density at radius 3 is 2.62 bits per heavy atom. The van der Waals surface area contributed by atoms with E-state index < -0.39 is 29.8 Å². The van der Waals surface area contributed by atoms with Gasteiger partial charge in [-0.25, -0.2) is 4.79 Å². The van der Waals surface area contributed by atoms with Crippen molar-refractivity contribution in [3.63, 3.8) is 0 Å². The van der Waals surface area contributed by atoms with Gasteiger partial charge in [-0.15, -0.1) is 0 Å². The SMILES string of the molecule is Cc1cccc(NC(=O)N2C(C(N)=O)C(C)OC2(C)C)c1. The number of aryl methyl sites for hydroxylation is 1. The van der Waals surface area contributed by atoms with Crippen LogP contribution in [0.15, 0.2) is 24.3 Å². The summed E-state index contributed by atoms with van der Waals surface area (Å²) in [6.07, 6.45) is -0.444. The predicted molar refractivity (Wildman–Crippen MR) is 79.6 cm³/mol. The maximum absolute atomic E-state index is 12.5. The standard InChI is InChI=1S/C15H21N3O3/c1-9-6-5-7-11(8-9)17-14(20)18-12(13(16)19)10(2)21-15(18,3)4/h5-8,10,12H,1-4H3,(H2,16,19)(H,17,20). The van der Waals surface area contributed by atoms with Crippen LogP contribution in [0.1, 0.15) is 26.3 Å². The number of nitrogens with zero attached hydrogens (tertiary/aromatic N) is 1. The molecule has 0 aromatic heterocycles. The number of anilines is 1. The smallest absolute Gasteiger partial charge is 0.324 e. The first-order chi connectivity index (χ1) is 9.72. The van der Waals surface area contributed by atoms with Crippen LogP contribution in [0.4, 0.5) is 10.5 Å². The van der Waals surface area contributed by atoms with E-state index in [1.165, 1.54) is 4.90 Å². The predicted octanol–water partition coefficient (Wildman–Crippen LogP) is 1.84. The van der Waals surface area contributed by atoms with E-state index in [0.717, 1.165) is 5.56 Å². The van der Waals surface area contributed by atoms with Crippen molar-refractivity contribution in [3.8, 4) is 0 Å². The Morgan fingerprint density at radius 2 is 2.05 bits per heavy atom. The van der Waals surface area contributed by atoms with Gasteiger partial charge in [-0.3, -0.25) is 9.69 Å². The van der Waals surface area contributed by atoms with E-state index in [-0.39, 0.29) is 0 Å². The molecule has 0 radical (unpaired) electrons. The minimum atomic E-state index is -0.896. The van der Waals surface area contributed by atoms with Crippen LogP contribution in [0, 0.1) is 6.92 Å². The Balaban J connectivity index is 2.25.